The standard InChI is InChI=1S/C17H23N7O/c1-5-22-8-6-15(19-22)11-21(4)17(25)16-7-9-23(20-16)12-24-14(3)10-13(2)18-24/h6-10H,5,11-12H2,1-4H3. The van der Waals surface area contributed by atoms with Gasteiger partial charge in [0.15, 0.2) is 0 Å². The SMILES string of the molecule is CCn1ccc(CN(C)C(=O)c2ccn(Cn3nc(C)cc3C)n2)n1. The molecule has 0 fully saturated rings. The van der Waals surface area contributed by atoms with Crippen molar-refractivity contribution < 1.29 is 4.79 Å². The Morgan fingerprint density at radius 2 is 1.88 bits per heavy atom. The molecule has 0 aliphatic rings. The molecule has 0 bridgehead atoms. The molecule has 0 unspecified atom stereocenters. The first-order valence-corrected chi connectivity index (χ1v) is 8.28. The number of hydrogen-bond acceptors (Lipinski definition) is 4. The van der Waals surface area contributed by atoms with Crippen LogP contribution in [0.5, 0.6) is 0 Å². The topological polar surface area (TPSA) is 73.8 Å². The van der Waals surface area contributed by atoms with Crippen LogP contribution in [0.2, 0.25) is 0 Å². The van der Waals surface area contributed by atoms with Crippen molar-refractivity contribution in [3.63, 3.8) is 0 Å². The van der Waals surface area contributed by atoms with Crippen molar-refractivity contribution in [1.82, 2.24) is 34.2 Å². The summed E-state index contributed by atoms with van der Waals surface area (Å²) < 4.78 is 5.42. The summed E-state index contributed by atoms with van der Waals surface area (Å²) in [4.78, 5) is 14.2. The van der Waals surface area contributed by atoms with Crippen LogP contribution < -0.4 is 0 Å². The Bertz CT molecular complexity index is 873. The van der Waals surface area contributed by atoms with Gasteiger partial charge in [0, 0.05) is 31.7 Å². The fourth-order valence-corrected chi connectivity index (χ4v) is 2.68. The maximum absolute atomic E-state index is 12.6. The lowest BCUT2D eigenvalue weighted by Gasteiger charge is -2.14. The Morgan fingerprint density at radius 3 is 2.52 bits per heavy atom. The van der Waals surface area contributed by atoms with Gasteiger partial charge in [0.25, 0.3) is 5.91 Å². The van der Waals surface area contributed by atoms with Gasteiger partial charge in [-0.25, -0.2) is 4.68 Å². The molecular formula is C17H23N7O. The predicted octanol–water partition coefficient (Wildman–Crippen LogP) is 1.69. The highest BCUT2D eigenvalue weighted by Crippen LogP contribution is 2.07. The maximum Gasteiger partial charge on any atom is 0.274 e. The van der Waals surface area contributed by atoms with E-state index in [0.717, 1.165) is 23.6 Å². The van der Waals surface area contributed by atoms with E-state index < -0.39 is 0 Å². The van der Waals surface area contributed by atoms with Crippen LogP contribution in [0.25, 0.3) is 0 Å². The first-order chi connectivity index (χ1) is 12.0. The highest BCUT2D eigenvalue weighted by molar-refractivity contribution is 5.91. The first-order valence-electron chi connectivity index (χ1n) is 8.28. The van der Waals surface area contributed by atoms with Crippen LogP contribution in [0.1, 0.15) is 34.5 Å². The molecule has 3 aromatic heterocycles. The average molecular weight is 341 g/mol. The molecule has 0 aromatic carbocycles. The van der Waals surface area contributed by atoms with Crippen LogP contribution >= 0.6 is 0 Å². The zero-order valence-corrected chi connectivity index (χ0v) is 15.0. The smallest absolute Gasteiger partial charge is 0.274 e. The number of rotatable bonds is 6. The van der Waals surface area contributed by atoms with E-state index in [2.05, 4.69) is 15.3 Å². The summed E-state index contributed by atoms with van der Waals surface area (Å²) in [6.45, 7) is 7.73. The summed E-state index contributed by atoms with van der Waals surface area (Å²) in [7, 11) is 1.76. The van der Waals surface area contributed by atoms with Crippen LogP contribution in [0.15, 0.2) is 30.6 Å². The van der Waals surface area contributed by atoms with E-state index in [4.69, 9.17) is 0 Å². The van der Waals surface area contributed by atoms with Gasteiger partial charge in [-0.3, -0.25) is 14.2 Å². The van der Waals surface area contributed by atoms with Crippen molar-refractivity contribution in [1.29, 1.82) is 0 Å². The third-order valence-electron chi connectivity index (χ3n) is 4.01. The predicted molar refractivity (Wildman–Crippen MR) is 93.0 cm³/mol. The van der Waals surface area contributed by atoms with Gasteiger partial charge in [0.1, 0.15) is 12.4 Å². The van der Waals surface area contributed by atoms with Gasteiger partial charge in [0.2, 0.25) is 0 Å². The van der Waals surface area contributed by atoms with Gasteiger partial charge >= 0.3 is 0 Å². The summed E-state index contributed by atoms with van der Waals surface area (Å²) in [6.07, 6.45) is 3.71. The minimum absolute atomic E-state index is 0.127. The molecule has 8 heteroatoms. The van der Waals surface area contributed by atoms with Crippen molar-refractivity contribution in [2.45, 2.75) is 40.5 Å². The summed E-state index contributed by atoms with van der Waals surface area (Å²) in [5.74, 6) is -0.127. The zero-order chi connectivity index (χ0) is 18.0. The molecule has 25 heavy (non-hydrogen) atoms. The lowest BCUT2D eigenvalue weighted by Crippen LogP contribution is -2.27. The Hall–Kier alpha value is -2.90. The number of hydrogen-bond donors (Lipinski definition) is 0. The average Bonchev–Trinajstić information content (AvgIpc) is 3.28. The van der Waals surface area contributed by atoms with E-state index >= 15 is 0 Å². The Balaban J connectivity index is 1.66. The molecule has 0 aliphatic carbocycles. The summed E-state index contributed by atoms with van der Waals surface area (Å²) in [5.41, 5.74) is 3.30. The molecule has 3 rings (SSSR count). The molecule has 8 nitrogen and oxygen atoms in total. The molecule has 0 radical (unpaired) electrons. The van der Waals surface area contributed by atoms with Crippen LogP contribution in [-0.2, 0) is 19.8 Å². The molecule has 0 aliphatic heterocycles. The molecule has 132 valence electrons. The third kappa shape index (κ3) is 3.78. The van der Waals surface area contributed by atoms with E-state index in [9.17, 15) is 4.79 Å². The van der Waals surface area contributed by atoms with Gasteiger partial charge in [-0.05, 0) is 39.0 Å². The van der Waals surface area contributed by atoms with Gasteiger partial charge in [-0.1, -0.05) is 0 Å². The highest BCUT2D eigenvalue weighted by Gasteiger charge is 2.16. The van der Waals surface area contributed by atoms with Crippen LogP contribution in [-0.4, -0.2) is 47.2 Å². The van der Waals surface area contributed by atoms with Gasteiger partial charge in [0.05, 0.1) is 17.9 Å². The molecule has 1 amide bonds. The lowest BCUT2D eigenvalue weighted by molar-refractivity contribution is 0.0776. The van der Waals surface area contributed by atoms with Gasteiger partial charge in [-0.2, -0.15) is 15.3 Å². The van der Waals surface area contributed by atoms with Crippen molar-refractivity contribution in [2.24, 2.45) is 0 Å². The summed E-state index contributed by atoms with van der Waals surface area (Å²) in [5, 5.41) is 13.2. The molecule has 0 saturated carbocycles. The van der Waals surface area contributed by atoms with E-state index in [1.807, 2.05) is 48.5 Å². The van der Waals surface area contributed by atoms with Crippen LogP contribution in [0.3, 0.4) is 0 Å². The second-order valence-electron chi connectivity index (χ2n) is 6.13. The van der Waals surface area contributed by atoms with E-state index in [-0.39, 0.29) is 5.91 Å². The number of aryl methyl sites for hydroxylation is 3. The minimum atomic E-state index is -0.127. The quantitative estimate of drug-likeness (QED) is 0.684. The van der Waals surface area contributed by atoms with E-state index in [1.165, 1.54) is 0 Å². The van der Waals surface area contributed by atoms with Crippen LogP contribution in [0, 0.1) is 13.8 Å². The van der Waals surface area contributed by atoms with E-state index in [0.29, 0.717) is 18.9 Å². The number of amides is 1. The second kappa shape index (κ2) is 6.92. The largest absolute Gasteiger partial charge is 0.334 e. The monoisotopic (exact) mass is 341 g/mol. The number of carbonyl (C=O) groups is 1. The van der Waals surface area contributed by atoms with Crippen molar-refractivity contribution >= 4 is 5.91 Å². The van der Waals surface area contributed by atoms with Crippen LogP contribution in [0.4, 0.5) is 0 Å². The normalized spacial score (nSPS) is 11.0. The molecule has 3 heterocycles. The number of carbonyl (C=O) groups excluding carboxylic acids is 1. The van der Waals surface area contributed by atoms with Gasteiger partial charge in [-0.15, -0.1) is 0 Å². The molecule has 3 aromatic rings. The fourth-order valence-electron chi connectivity index (χ4n) is 2.68. The van der Waals surface area contributed by atoms with Crippen molar-refractivity contribution in [3.8, 4) is 0 Å². The second-order valence-corrected chi connectivity index (χ2v) is 6.13. The van der Waals surface area contributed by atoms with Crippen molar-refractivity contribution in [2.75, 3.05) is 7.05 Å². The summed E-state index contributed by atoms with van der Waals surface area (Å²) >= 11 is 0. The minimum Gasteiger partial charge on any atom is -0.334 e. The molecule has 0 atom stereocenters. The van der Waals surface area contributed by atoms with Gasteiger partial charge < -0.3 is 4.90 Å². The highest BCUT2D eigenvalue weighted by atomic mass is 16.2. The number of nitrogens with zero attached hydrogens (tertiary/aromatic N) is 7. The molecule has 0 N–H and O–H groups in total. The molecule has 0 spiro atoms. The van der Waals surface area contributed by atoms with E-state index in [1.54, 1.807) is 28.9 Å². The molecular weight excluding hydrogens is 318 g/mol. The molecule has 0 saturated heterocycles. The Labute approximate surface area is 146 Å². The lowest BCUT2D eigenvalue weighted by atomic mass is 10.3. The fraction of sp³-hybridized carbons (Fsp3) is 0.412. The Morgan fingerprint density at radius 1 is 1.12 bits per heavy atom. The Kier molecular flexibility index (Phi) is 4.69. The summed E-state index contributed by atoms with van der Waals surface area (Å²) in [6, 6.07) is 5.67. The maximum atomic E-state index is 12.6. The first kappa shape index (κ1) is 16.9. The zero-order valence-electron chi connectivity index (χ0n) is 15.0. The van der Waals surface area contributed by atoms with Crippen molar-refractivity contribution in [3.05, 3.63) is 53.4 Å². The number of aromatic nitrogens is 6. The third-order valence-corrected chi connectivity index (χ3v) is 4.01.